The monoisotopic (exact) mass is 261 g/mol. The molecule has 1 aromatic rings. The van der Waals surface area contributed by atoms with Crippen molar-refractivity contribution in [3.05, 3.63) is 16.4 Å². The highest BCUT2D eigenvalue weighted by atomic mass is 79.9. The van der Waals surface area contributed by atoms with Gasteiger partial charge in [-0.3, -0.25) is 4.68 Å². The molecular formula is C8H12BrN3O2. The predicted octanol–water partition coefficient (Wildman–Crippen LogP) is 1.52. The summed E-state index contributed by atoms with van der Waals surface area (Å²) in [6.07, 6.45) is 1.23. The van der Waals surface area contributed by atoms with E-state index < -0.39 is 6.09 Å². The SMILES string of the molecule is CCn1ncc(COC(=O)NC)c1Br. The van der Waals surface area contributed by atoms with Crippen molar-refractivity contribution in [1.82, 2.24) is 15.1 Å². The molecule has 0 saturated heterocycles. The van der Waals surface area contributed by atoms with Crippen LogP contribution in [0.3, 0.4) is 0 Å². The fraction of sp³-hybridized carbons (Fsp3) is 0.500. The van der Waals surface area contributed by atoms with Crippen LogP contribution in [0, 0.1) is 0 Å². The molecule has 78 valence electrons. The zero-order valence-electron chi connectivity index (χ0n) is 8.08. The maximum Gasteiger partial charge on any atom is 0.407 e. The van der Waals surface area contributed by atoms with Gasteiger partial charge >= 0.3 is 6.09 Å². The van der Waals surface area contributed by atoms with Crippen molar-refractivity contribution >= 4 is 22.0 Å². The smallest absolute Gasteiger partial charge is 0.407 e. The van der Waals surface area contributed by atoms with Crippen LogP contribution in [0.4, 0.5) is 4.79 Å². The fourth-order valence-electron chi connectivity index (χ4n) is 0.942. The number of alkyl carbamates (subject to hydrolysis) is 1. The molecule has 14 heavy (non-hydrogen) atoms. The Morgan fingerprint density at radius 3 is 3.00 bits per heavy atom. The summed E-state index contributed by atoms with van der Waals surface area (Å²) in [6.45, 7) is 2.99. The van der Waals surface area contributed by atoms with Gasteiger partial charge in [0.25, 0.3) is 0 Å². The molecule has 0 aliphatic heterocycles. The van der Waals surface area contributed by atoms with E-state index in [1.807, 2.05) is 6.92 Å². The zero-order chi connectivity index (χ0) is 10.6. The van der Waals surface area contributed by atoms with Crippen molar-refractivity contribution in [2.75, 3.05) is 7.05 Å². The van der Waals surface area contributed by atoms with Gasteiger partial charge in [0.05, 0.1) is 6.20 Å². The second kappa shape index (κ2) is 4.99. The van der Waals surface area contributed by atoms with Gasteiger partial charge in [-0.25, -0.2) is 4.79 Å². The van der Waals surface area contributed by atoms with E-state index in [9.17, 15) is 4.79 Å². The van der Waals surface area contributed by atoms with Crippen LogP contribution < -0.4 is 5.32 Å². The van der Waals surface area contributed by atoms with Crippen LogP contribution in [0.2, 0.25) is 0 Å². The summed E-state index contributed by atoms with van der Waals surface area (Å²) >= 11 is 3.37. The third kappa shape index (κ3) is 2.47. The molecule has 0 unspecified atom stereocenters. The highest BCUT2D eigenvalue weighted by Gasteiger charge is 2.08. The normalized spacial score (nSPS) is 9.93. The van der Waals surface area contributed by atoms with Crippen LogP contribution in [-0.2, 0) is 17.9 Å². The second-order valence-electron chi connectivity index (χ2n) is 2.60. The maximum atomic E-state index is 10.8. The molecule has 0 aliphatic carbocycles. The summed E-state index contributed by atoms with van der Waals surface area (Å²) < 4.78 is 7.51. The van der Waals surface area contributed by atoms with Gasteiger partial charge in [-0.05, 0) is 22.9 Å². The van der Waals surface area contributed by atoms with Gasteiger partial charge in [-0.15, -0.1) is 0 Å². The maximum absolute atomic E-state index is 10.8. The van der Waals surface area contributed by atoms with Crippen LogP contribution in [-0.4, -0.2) is 22.9 Å². The Kier molecular flexibility index (Phi) is 3.94. The molecule has 1 amide bonds. The van der Waals surface area contributed by atoms with Gasteiger partial charge < -0.3 is 10.1 Å². The molecule has 0 bridgehead atoms. The number of amides is 1. The number of carbonyl (C=O) groups excluding carboxylic acids is 1. The van der Waals surface area contributed by atoms with E-state index >= 15 is 0 Å². The van der Waals surface area contributed by atoms with Gasteiger partial charge in [-0.2, -0.15) is 5.10 Å². The first-order valence-electron chi connectivity index (χ1n) is 4.23. The van der Waals surface area contributed by atoms with E-state index in [0.717, 1.165) is 16.7 Å². The largest absolute Gasteiger partial charge is 0.445 e. The van der Waals surface area contributed by atoms with Crippen molar-refractivity contribution in [2.24, 2.45) is 0 Å². The Balaban J connectivity index is 2.59. The molecule has 0 atom stereocenters. The fourth-order valence-corrected chi connectivity index (χ4v) is 1.50. The lowest BCUT2D eigenvalue weighted by molar-refractivity contribution is 0.141. The Morgan fingerprint density at radius 2 is 2.50 bits per heavy atom. The number of rotatable bonds is 3. The van der Waals surface area contributed by atoms with Crippen LogP contribution in [0.5, 0.6) is 0 Å². The minimum atomic E-state index is -0.443. The third-order valence-electron chi connectivity index (χ3n) is 1.71. The molecule has 6 heteroatoms. The van der Waals surface area contributed by atoms with Crippen molar-refractivity contribution in [3.63, 3.8) is 0 Å². The average Bonchev–Trinajstić information content (AvgIpc) is 2.56. The first kappa shape index (κ1) is 11.0. The standard InChI is InChI=1S/C8H12BrN3O2/c1-3-12-7(9)6(4-11-12)5-14-8(13)10-2/h4H,3,5H2,1-2H3,(H,10,13). The summed E-state index contributed by atoms with van der Waals surface area (Å²) in [7, 11) is 1.52. The van der Waals surface area contributed by atoms with Crippen molar-refractivity contribution in [2.45, 2.75) is 20.1 Å². The lowest BCUT2D eigenvalue weighted by Crippen LogP contribution is -2.18. The molecule has 0 aliphatic rings. The van der Waals surface area contributed by atoms with Crippen LogP contribution in [0.1, 0.15) is 12.5 Å². The number of aromatic nitrogens is 2. The van der Waals surface area contributed by atoms with Crippen LogP contribution in [0.15, 0.2) is 10.8 Å². The summed E-state index contributed by atoms with van der Waals surface area (Å²) in [5, 5.41) is 6.47. The highest BCUT2D eigenvalue weighted by molar-refractivity contribution is 9.10. The van der Waals surface area contributed by atoms with Crippen LogP contribution in [0.25, 0.3) is 0 Å². The van der Waals surface area contributed by atoms with Crippen molar-refractivity contribution in [3.8, 4) is 0 Å². The van der Waals surface area contributed by atoms with Crippen molar-refractivity contribution < 1.29 is 9.53 Å². The number of nitrogens with zero attached hydrogens (tertiary/aromatic N) is 2. The quantitative estimate of drug-likeness (QED) is 0.898. The molecule has 1 aromatic heterocycles. The Hall–Kier alpha value is -1.04. The number of aryl methyl sites for hydroxylation is 1. The molecule has 0 radical (unpaired) electrons. The van der Waals surface area contributed by atoms with E-state index in [1.54, 1.807) is 10.9 Å². The molecule has 0 saturated carbocycles. The summed E-state index contributed by atoms with van der Waals surface area (Å²) in [6, 6.07) is 0. The second-order valence-corrected chi connectivity index (χ2v) is 3.35. The van der Waals surface area contributed by atoms with Gasteiger partial charge in [0.15, 0.2) is 0 Å². The number of hydrogen-bond acceptors (Lipinski definition) is 3. The van der Waals surface area contributed by atoms with Gasteiger partial charge in [0.1, 0.15) is 11.2 Å². The highest BCUT2D eigenvalue weighted by Crippen LogP contribution is 2.16. The van der Waals surface area contributed by atoms with E-state index in [0.29, 0.717) is 0 Å². The number of carbonyl (C=O) groups is 1. The molecule has 5 nitrogen and oxygen atoms in total. The molecular weight excluding hydrogens is 250 g/mol. The first-order valence-corrected chi connectivity index (χ1v) is 5.03. The average molecular weight is 262 g/mol. The molecule has 0 fully saturated rings. The van der Waals surface area contributed by atoms with Crippen LogP contribution >= 0.6 is 15.9 Å². The number of halogens is 1. The van der Waals surface area contributed by atoms with Gasteiger partial charge in [0.2, 0.25) is 0 Å². The summed E-state index contributed by atoms with van der Waals surface area (Å²) in [5.41, 5.74) is 0.857. The minimum absolute atomic E-state index is 0.222. The molecule has 0 aromatic carbocycles. The number of nitrogens with one attached hydrogen (secondary N) is 1. The summed E-state index contributed by atoms with van der Waals surface area (Å²) in [5.74, 6) is 0. The van der Waals surface area contributed by atoms with E-state index in [1.165, 1.54) is 7.05 Å². The number of ether oxygens (including phenoxy) is 1. The van der Waals surface area contributed by atoms with E-state index in [2.05, 4.69) is 26.3 Å². The minimum Gasteiger partial charge on any atom is -0.445 e. The first-order chi connectivity index (χ1) is 6.69. The zero-order valence-corrected chi connectivity index (χ0v) is 9.67. The Morgan fingerprint density at radius 1 is 1.79 bits per heavy atom. The van der Waals surface area contributed by atoms with Gasteiger partial charge in [0, 0.05) is 19.2 Å². The summed E-state index contributed by atoms with van der Waals surface area (Å²) in [4.78, 5) is 10.8. The van der Waals surface area contributed by atoms with Gasteiger partial charge in [-0.1, -0.05) is 0 Å². The van der Waals surface area contributed by atoms with E-state index in [4.69, 9.17) is 4.74 Å². The van der Waals surface area contributed by atoms with E-state index in [-0.39, 0.29) is 6.61 Å². The lowest BCUT2D eigenvalue weighted by atomic mass is 10.4. The van der Waals surface area contributed by atoms with Crippen molar-refractivity contribution in [1.29, 1.82) is 0 Å². The predicted molar refractivity (Wildman–Crippen MR) is 54.8 cm³/mol. The Bertz CT molecular complexity index is 324. The molecule has 1 rings (SSSR count). The lowest BCUT2D eigenvalue weighted by Gasteiger charge is -2.02. The Labute approximate surface area is 90.6 Å². The molecule has 0 spiro atoms. The third-order valence-corrected chi connectivity index (χ3v) is 2.63. The number of hydrogen-bond donors (Lipinski definition) is 1. The topological polar surface area (TPSA) is 56.2 Å². The molecule has 1 N–H and O–H groups in total. The molecule has 1 heterocycles.